The highest BCUT2D eigenvalue weighted by Gasteiger charge is 2.12. The number of carbonyl (C=O) groups excluding carboxylic acids is 2. The van der Waals surface area contributed by atoms with Crippen molar-refractivity contribution in [3.8, 4) is 0 Å². The average Bonchev–Trinajstić information content (AvgIpc) is 2.62. The van der Waals surface area contributed by atoms with Crippen molar-refractivity contribution in [3.05, 3.63) is 29.8 Å². The van der Waals surface area contributed by atoms with Gasteiger partial charge in [0, 0.05) is 38.3 Å². The van der Waals surface area contributed by atoms with E-state index in [1.54, 1.807) is 0 Å². The molecule has 0 bridgehead atoms. The highest BCUT2D eigenvalue weighted by Crippen LogP contribution is 2.24. The van der Waals surface area contributed by atoms with Crippen LogP contribution >= 0.6 is 0 Å². The number of hydrogen-bond acceptors (Lipinski definition) is 4. The van der Waals surface area contributed by atoms with Gasteiger partial charge >= 0.3 is 0 Å². The molecule has 0 saturated carbocycles. The van der Waals surface area contributed by atoms with Gasteiger partial charge in [-0.1, -0.05) is 32.9 Å². The fourth-order valence-electron chi connectivity index (χ4n) is 2.59. The second kappa shape index (κ2) is 10.8. The second-order valence-corrected chi connectivity index (χ2v) is 5.45. The fraction of sp³-hybridized carbons (Fsp3) is 0.556. The molecule has 0 spiro atoms. The SMILES string of the molecule is CC.CC(CCC(=O)NC=O)c1ccc(N2CCNCC2)cc1. The van der Waals surface area contributed by atoms with Crippen molar-refractivity contribution in [1.82, 2.24) is 10.6 Å². The van der Waals surface area contributed by atoms with Gasteiger partial charge in [0.15, 0.2) is 0 Å². The van der Waals surface area contributed by atoms with Crippen molar-refractivity contribution in [1.29, 1.82) is 0 Å². The molecule has 0 aliphatic carbocycles. The quantitative estimate of drug-likeness (QED) is 0.790. The smallest absolute Gasteiger partial charge is 0.226 e. The molecule has 1 aliphatic rings. The zero-order valence-corrected chi connectivity index (χ0v) is 14.5. The monoisotopic (exact) mass is 319 g/mol. The summed E-state index contributed by atoms with van der Waals surface area (Å²) in [6.07, 6.45) is 1.56. The summed E-state index contributed by atoms with van der Waals surface area (Å²) in [5, 5.41) is 5.52. The lowest BCUT2D eigenvalue weighted by molar-refractivity contribution is -0.125. The van der Waals surface area contributed by atoms with Crippen LogP contribution in [-0.4, -0.2) is 38.5 Å². The number of piperazine rings is 1. The molecule has 23 heavy (non-hydrogen) atoms. The maximum Gasteiger partial charge on any atom is 0.226 e. The van der Waals surface area contributed by atoms with E-state index >= 15 is 0 Å². The average molecular weight is 319 g/mol. The minimum absolute atomic E-state index is 0.214. The van der Waals surface area contributed by atoms with E-state index in [0.717, 1.165) is 32.6 Å². The Morgan fingerprint density at radius 2 is 1.87 bits per heavy atom. The Morgan fingerprint density at radius 1 is 1.26 bits per heavy atom. The van der Waals surface area contributed by atoms with Crippen LogP contribution in [0.15, 0.2) is 24.3 Å². The molecule has 128 valence electrons. The van der Waals surface area contributed by atoms with E-state index in [0.29, 0.717) is 18.7 Å². The van der Waals surface area contributed by atoms with Gasteiger partial charge < -0.3 is 10.2 Å². The topological polar surface area (TPSA) is 61.4 Å². The third-order valence-corrected chi connectivity index (χ3v) is 3.97. The van der Waals surface area contributed by atoms with Crippen LogP contribution in [0.4, 0.5) is 5.69 Å². The third kappa shape index (κ3) is 6.40. The Kier molecular flexibility index (Phi) is 8.98. The lowest BCUT2D eigenvalue weighted by Gasteiger charge is -2.29. The predicted molar refractivity (Wildman–Crippen MR) is 94.7 cm³/mol. The van der Waals surface area contributed by atoms with Gasteiger partial charge in [-0.15, -0.1) is 0 Å². The number of hydrogen-bond donors (Lipinski definition) is 2. The molecule has 1 aromatic rings. The highest BCUT2D eigenvalue weighted by molar-refractivity contribution is 5.85. The molecule has 2 N–H and O–H groups in total. The summed E-state index contributed by atoms with van der Waals surface area (Å²) in [6.45, 7) is 10.3. The number of nitrogens with one attached hydrogen (secondary N) is 2. The molecule has 0 aromatic heterocycles. The zero-order valence-electron chi connectivity index (χ0n) is 14.5. The highest BCUT2D eigenvalue weighted by atomic mass is 16.2. The molecule has 1 atom stereocenters. The second-order valence-electron chi connectivity index (χ2n) is 5.45. The van der Waals surface area contributed by atoms with Crippen LogP contribution in [0.1, 0.15) is 45.1 Å². The van der Waals surface area contributed by atoms with Crippen LogP contribution < -0.4 is 15.5 Å². The van der Waals surface area contributed by atoms with Crippen LogP contribution in [-0.2, 0) is 9.59 Å². The van der Waals surface area contributed by atoms with E-state index in [9.17, 15) is 9.59 Å². The molecule has 1 fully saturated rings. The van der Waals surface area contributed by atoms with E-state index < -0.39 is 0 Å². The first-order chi connectivity index (χ1) is 11.2. The first-order valence-electron chi connectivity index (χ1n) is 8.49. The van der Waals surface area contributed by atoms with Gasteiger partial charge in [0.25, 0.3) is 0 Å². The van der Waals surface area contributed by atoms with E-state index in [1.807, 2.05) is 13.8 Å². The molecule has 1 heterocycles. The minimum Gasteiger partial charge on any atom is -0.369 e. The molecule has 1 saturated heterocycles. The Labute approximate surface area is 139 Å². The molecular formula is C18H29N3O2. The molecule has 5 nitrogen and oxygen atoms in total. The summed E-state index contributed by atoms with van der Waals surface area (Å²) in [7, 11) is 0. The summed E-state index contributed by atoms with van der Waals surface area (Å²) in [4.78, 5) is 23.8. The van der Waals surface area contributed by atoms with Gasteiger partial charge in [-0.25, -0.2) is 0 Å². The zero-order chi connectivity index (χ0) is 17.1. The minimum atomic E-state index is -0.214. The summed E-state index contributed by atoms with van der Waals surface area (Å²) < 4.78 is 0. The lowest BCUT2D eigenvalue weighted by atomic mass is 9.96. The van der Waals surface area contributed by atoms with Crippen molar-refractivity contribution < 1.29 is 9.59 Å². The molecule has 2 rings (SSSR count). The Morgan fingerprint density at radius 3 is 2.43 bits per heavy atom. The van der Waals surface area contributed by atoms with Crippen molar-refractivity contribution in [2.24, 2.45) is 0 Å². The van der Waals surface area contributed by atoms with E-state index in [4.69, 9.17) is 0 Å². The Hall–Kier alpha value is -1.88. The van der Waals surface area contributed by atoms with E-state index in [2.05, 4.69) is 46.7 Å². The molecule has 1 aliphatic heterocycles. The number of rotatable bonds is 6. The summed E-state index contributed by atoms with van der Waals surface area (Å²) in [6, 6.07) is 8.59. The molecule has 2 amide bonds. The Bertz CT molecular complexity index is 468. The number of anilines is 1. The van der Waals surface area contributed by atoms with Crippen LogP contribution in [0.2, 0.25) is 0 Å². The number of benzene rings is 1. The number of imide groups is 1. The lowest BCUT2D eigenvalue weighted by Crippen LogP contribution is -2.43. The fourth-order valence-corrected chi connectivity index (χ4v) is 2.59. The molecule has 5 heteroatoms. The van der Waals surface area contributed by atoms with Crippen LogP contribution in [0.3, 0.4) is 0 Å². The van der Waals surface area contributed by atoms with Gasteiger partial charge in [-0.2, -0.15) is 0 Å². The molecule has 0 radical (unpaired) electrons. The van der Waals surface area contributed by atoms with Crippen molar-refractivity contribution in [2.45, 2.75) is 39.5 Å². The van der Waals surface area contributed by atoms with Crippen molar-refractivity contribution >= 4 is 18.0 Å². The number of amides is 2. The summed E-state index contributed by atoms with van der Waals surface area (Å²) >= 11 is 0. The van der Waals surface area contributed by atoms with Crippen molar-refractivity contribution in [3.63, 3.8) is 0 Å². The molecule has 1 unspecified atom stereocenters. The third-order valence-electron chi connectivity index (χ3n) is 3.97. The first-order valence-corrected chi connectivity index (χ1v) is 8.49. The van der Waals surface area contributed by atoms with Crippen LogP contribution in [0, 0.1) is 0 Å². The van der Waals surface area contributed by atoms with Gasteiger partial charge in [-0.05, 0) is 30.0 Å². The summed E-state index contributed by atoms with van der Waals surface area (Å²) in [5.41, 5.74) is 2.49. The standard InChI is InChI=1S/C16H23N3O2.C2H6/c1-13(2-7-16(21)18-12-20)14-3-5-15(6-4-14)19-10-8-17-9-11-19;1-2/h3-6,12-13,17H,2,7-11H2,1H3,(H,18,20,21);1-2H3. The van der Waals surface area contributed by atoms with E-state index in [-0.39, 0.29) is 5.91 Å². The van der Waals surface area contributed by atoms with Crippen LogP contribution in [0.25, 0.3) is 0 Å². The van der Waals surface area contributed by atoms with Gasteiger partial charge in [-0.3, -0.25) is 14.9 Å². The Balaban J connectivity index is 0.00000127. The molecular weight excluding hydrogens is 290 g/mol. The number of carbonyl (C=O) groups is 2. The summed E-state index contributed by atoms with van der Waals surface area (Å²) in [5.74, 6) is 0.0914. The number of nitrogens with zero attached hydrogens (tertiary/aromatic N) is 1. The van der Waals surface area contributed by atoms with Gasteiger partial charge in [0.05, 0.1) is 0 Å². The van der Waals surface area contributed by atoms with E-state index in [1.165, 1.54) is 11.3 Å². The maximum absolute atomic E-state index is 11.3. The van der Waals surface area contributed by atoms with Gasteiger partial charge in [0.1, 0.15) is 0 Å². The normalized spacial score (nSPS) is 15.2. The van der Waals surface area contributed by atoms with Gasteiger partial charge in [0.2, 0.25) is 12.3 Å². The van der Waals surface area contributed by atoms with Crippen molar-refractivity contribution in [2.75, 3.05) is 31.1 Å². The first kappa shape index (κ1) is 19.2. The largest absolute Gasteiger partial charge is 0.369 e. The van der Waals surface area contributed by atoms with Crippen LogP contribution in [0.5, 0.6) is 0 Å². The molecule has 1 aromatic carbocycles. The predicted octanol–water partition coefficient (Wildman–Crippen LogP) is 2.28. The maximum atomic E-state index is 11.3.